The van der Waals surface area contributed by atoms with Crippen LogP contribution in [0.3, 0.4) is 0 Å². The number of nitrogens with one attached hydrogen (secondary N) is 1. The van der Waals surface area contributed by atoms with E-state index in [4.69, 9.17) is 0 Å². The minimum absolute atomic E-state index is 0.0138. The molecule has 1 aromatic carbocycles. The van der Waals surface area contributed by atoms with Crippen molar-refractivity contribution in [2.75, 3.05) is 32.7 Å². The summed E-state index contributed by atoms with van der Waals surface area (Å²) in [5.74, 6) is 0.385. The molecule has 3 aliphatic rings. The first-order chi connectivity index (χ1) is 14.2. The summed E-state index contributed by atoms with van der Waals surface area (Å²) in [6, 6.07) is 7.60. The number of piperazine rings is 1. The van der Waals surface area contributed by atoms with Crippen LogP contribution in [0.25, 0.3) is 5.57 Å². The van der Waals surface area contributed by atoms with Gasteiger partial charge < -0.3 is 10.2 Å². The summed E-state index contributed by atoms with van der Waals surface area (Å²) < 4.78 is 14.4. The van der Waals surface area contributed by atoms with E-state index in [1.807, 2.05) is 17.0 Å². The summed E-state index contributed by atoms with van der Waals surface area (Å²) in [5, 5.41) is 3.74. The maximum Gasteiger partial charge on any atom is 0.223 e. The van der Waals surface area contributed by atoms with E-state index in [0.717, 1.165) is 38.3 Å². The number of amides is 1. The minimum atomic E-state index is -0.170. The summed E-state index contributed by atoms with van der Waals surface area (Å²) in [6.45, 7) is 12.8. The molecule has 2 fully saturated rings. The van der Waals surface area contributed by atoms with Gasteiger partial charge in [-0.3, -0.25) is 9.69 Å². The van der Waals surface area contributed by atoms with Gasteiger partial charge in [0.2, 0.25) is 5.91 Å². The smallest absolute Gasteiger partial charge is 0.223 e. The van der Waals surface area contributed by atoms with E-state index in [1.165, 1.54) is 11.6 Å². The van der Waals surface area contributed by atoms with Crippen molar-refractivity contribution in [2.45, 2.75) is 46.2 Å². The Morgan fingerprint density at radius 1 is 1.23 bits per heavy atom. The molecule has 2 heterocycles. The third-order valence-electron chi connectivity index (χ3n) is 6.49. The second-order valence-corrected chi connectivity index (χ2v) is 10.3. The van der Waals surface area contributed by atoms with Crippen molar-refractivity contribution >= 4 is 11.5 Å². The minimum Gasteiger partial charge on any atom is -0.340 e. The van der Waals surface area contributed by atoms with Gasteiger partial charge in [0.25, 0.3) is 0 Å². The zero-order chi connectivity index (χ0) is 21.5. The average Bonchev–Trinajstić information content (AvgIpc) is 2.85. The number of hydrogen-bond acceptors (Lipinski definition) is 3. The van der Waals surface area contributed by atoms with Crippen molar-refractivity contribution in [3.05, 3.63) is 53.4 Å². The third kappa shape index (κ3) is 4.52. The van der Waals surface area contributed by atoms with E-state index in [-0.39, 0.29) is 23.2 Å². The van der Waals surface area contributed by atoms with Gasteiger partial charge in [-0.1, -0.05) is 58.0 Å². The Kier molecular flexibility index (Phi) is 5.86. The van der Waals surface area contributed by atoms with E-state index >= 15 is 0 Å². The Labute approximate surface area is 179 Å². The van der Waals surface area contributed by atoms with Crippen LogP contribution in [-0.2, 0) is 4.79 Å². The standard InChI is InChI=1S/C25H34FN3O/c1-17-11-18(21-7-5-6-8-22(21)26)12-19-15-28-9-10-29(23(30)13-25(2,3)4)16-20(28)14-27-24(17)19/h5-8,11-12,17,20,24,27H,9-10,13-16H2,1-4H3. The molecule has 162 valence electrons. The molecule has 5 heteroatoms. The molecule has 30 heavy (non-hydrogen) atoms. The topological polar surface area (TPSA) is 35.6 Å². The number of carbonyl (C=O) groups excluding carboxylic acids is 1. The highest BCUT2D eigenvalue weighted by atomic mass is 19.1. The van der Waals surface area contributed by atoms with Crippen molar-refractivity contribution < 1.29 is 9.18 Å². The quantitative estimate of drug-likeness (QED) is 0.806. The fraction of sp³-hybridized carbons (Fsp3) is 0.560. The SMILES string of the molecule is CC1C=C(c2ccccc2F)C=C2CN3CCN(C(=O)CC(C)(C)C)CC3CNC21. The Hall–Kier alpha value is -1.98. The fourth-order valence-electron chi connectivity index (χ4n) is 4.96. The lowest BCUT2D eigenvalue weighted by atomic mass is 9.84. The van der Waals surface area contributed by atoms with E-state index in [1.54, 1.807) is 6.07 Å². The molecule has 4 rings (SSSR count). The van der Waals surface area contributed by atoms with Gasteiger partial charge in [-0.05, 0) is 28.5 Å². The van der Waals surface area contributed by atoms with E-state index in [0.29, 0.717) is 23.9 Å². The number of rotatable bonds is 2. The van der Waals surface area contributed by atoms with E-state index in [2.05, 4.69) is 50.1 Å². The molecule has 2 saturated heterocycles. The zero-order valence-electron chi connectivity index (χ0n) is 18.6. The van der Waals surface area contributed by atoms with Crippen molar-refractivity contribution in [3.63, 3.8) is 0 Å². The van der Waals surface area contributed by atoms with Gasteiger partial charge in [0.05, 0.1) is 0 Å². The van der Waals surface area contributed by atoms with Crippen LogP contribution in [0, 0.1) is 17.2 Å². The molecule has 1 N–H and O–H groups in total. The Morgan fingerprint density at radius 3 is 2.73 bits per heavy atom. The summed E-state index contributed by atoms with van der Waals surface area (Å²) in [7, 11) is 0. The molecule has 0 radical (unpaired) electrons. The summed E-state index contributed by atoms with van der Waals surface area (Å²) in [4.78, 5) is 17.3. The van der Waals surface area contributed by atoms with Crippen LogP contribution in [0.4, 0.5) is 4.39 Å². The van der Waals surface area contributed by atoms with Crippen LogP contribution in [0.2, 0.25) is 0 Å². The van der Waals surface area contributed by atoms with Crippen molar-refractivity contribution in [1.29, 1.82) is 0 Å². The summed E-state index contributed by atoms with van der Waals surface area (Å²) >= 11 is 0. The van der Waals surface area contributed by atoms with Gasteiger partial charge in [-0.15, -0.1) is 0 Å². The molecule has 0 spiro atoms. The maximum absolute atomic E-state index is 14.4. The molecule has 3 unspecified atom stereocenters. The van der Waals surface area contributed by atoms with Crippen LogP contribution in [0.15, 0.2) is 42.0 Å². The molecule has 1 aliphatic carbocycles. The third-order valence-corrected chi connectivity index (χ3v) is 6.49. The maximum atomic E-state index is 14.4. The van der Waals surface area contributed by atoms with E-state index < -0.39 is 0 Å². The molecule has 1 aromatic rings. The second kappa shape index (κ2) is 8.27. The Morgan fingerprint density at radius 2 is 2.00 bits per heavy atom. The van der Waals surface area contributed by atoms with Crippen molar-refractivity contribution in [1.82, 2.24) is 15.1 Å². The predicted molar refractivity (Wildman–Crippen MR) is 119 cm³/mol. The average molecular weight is 412 g/mol. The fourth-order valence-corrected chi connectivity index (χ4v) is 4.96. The largest absolute Gasteiger partial charge is 0.340 e. The Bertz CT molecular complexity index is 869. The lowest BCUT2D eigenvalue weighted by Gasteiger charge is -2.41. The number of fused-ring (bicyclic) bond motifs is 2. The van der Waals surface area contributed by atoms with Crippen LogP contribution in [0.5, 0.6) is 0 Å². The first-order valence-corrected chi connectivity index (χ1v) is 11.1. The first kappa shape index (κ1) is 21.3. The molecule has 0 bridgehead atoms. The molecule has 1 amide bonds. The molecule has 0 saturated carbocycles. The van der Waals surface area contributed by atoms with E-state index in [9.17, 15) is 9.18 Å². The van der Waals surface area contributed by atoms with Crippen LogP contribution in [0.1, 0.15) is 39.7 Å². The zero-order valence-corrected chi connectivity index (χ0v) is 18.6. The van der Waals surface area contributed by atoms with Gasteiger partial charge in [-0.25, -0.2) is 4.39 Å². The lowest BCUT2D eigenvalue weighted by Crippen LogP contribution is -2.57. The van der Waals surface area contributed by atoms with Gasteiger partial charge in [0.1, 0.15) is 5.82 Å². The highest BCUT2D eigenvalue weighted by Gasteiger charge is 2.36. The molecule has 3 atom stereocenters. The monoisotopic (exact) mass is 411 g/mol. The van der Waals surface area contributed by atoms with Crippen LogP contribution < -0.4 is 5.32 Å². The number of carbonyl (C=O) groups is 1. The highest BCUT2D eigenvalue weighted by Crippen LogP contribution is 2.33. The van der Waals surface area contributed by atoms with Gasteiger partial charge in [0, 0.05) is 56.8 Å². The molecular formula is C25H34FN3O. The van der Waals surface area contributed by atoms with Crippen molar-refractivity contribution in [3.8, 4) is 0 Å². The van der Waals surface area contributed by atoms with Gasteiger partial charge in [-0.2, -0.15) is 0 Å². The second-order valence-electron chi connectivity index (χ2n) is 10.3. The molecular weight excluding hydrogens is 377 g/mol. The number of nitrogens with zero attached hydrogens (tertiary/aromatic N) is 2. The first-order valence-electron chi connectivity index (χ1n) is 11.1. The predicted octanol–water partition coefficient (Wildman–Crippen LogP) is 3.71. The van der Waals surface area contributed by atoms with Gasteiger partial charge in [0.15, 0.2) is 0 Å². The number of benzene rings is 1. The van der Waals surface area contributed by atoms with Crippen LogP contribution in [-0.4, -0.2) is 60.5 Å². The molecule has 0 aromatic heterocycles. The van der Waals surface area contributed by atoms with Crippen molar-refractivity contribution in [2.24, 2.45) is 11.3 Å². The Balaban J connectivity index is 1.50. The number of hydrogen-bond donors (Lipinski definition) is 1. The summed E-state index contributed by atoms with van der Waals surface area (Å²) in [6.07, 6.45) is 4.95. The number of allylic oxidation sites excluding steroid dienone is 2. The highest BCUT2D eigenvalue weighted by molar-refractivity contribution is 5.78. The lowest BCUT2D eigenvalue weighted by molar-refractivity contribution is -0.135. The van der Waals surface area contributed by atoms with Crippen LogP contribution >= 0.6 is 0 Å². The normalized spacial score (nSPS) is 27.5. The summed E-state index contributed by atoms with van der Waals surface area (Å²) in [5.41, 5.74) is 2.99. The molecule has 2 aliphatic heterocycles. The van der Waals surface area contributed by atoms with Gasteiger partial charge >= 0.3 is 0 Å². The molecule has 4 nitrogen and oxygen atoms in total. The number of halogens is 1.